The van der Waals surface area contributed by atoms with Gasteiger partial charge in [0.25, 0.3) is 0 Å². The highest BCUT2D eigenvalue weighted by molar-refractivity contribution is 5.41. The van der Waals surface area contributed by atoms with Gasteiger partial charge >= 0.3 is 0 Å². The summed E-state index contributed by atoms with van der Waals surface area (Å²) in [6.45, 7) is 7.06. The second-order valence-electron chi connectivity index (χ2n) is 8.03. The Labute approximate surface area is 173 Å². The molecule has 4 heteroatoms. The number of ether oxygens (including phenoxy) is 2. The van der Waals surface area contributed by atoms with Crippen LogP contribution in [0, 0.1) is 0 Å². The average Bonchev–Trinajstić information content (AvgIpc) is 2.72. The number of nitrogens with one attached hydrogen (secondary N) is 1. The molecule has 4 nitrogen and oxygen atoms in total. The topological polar surface area (TPSA) is 50.7 Å². The van der Waals surface area contributed by atoms with Crippen molar-refractivity contribution >= 4 is 0 Å². The Morgan fingerprint density at radius 3 is 2.10 bits per heavy atom. The van der Waals surface area contributed by atoms with Gasteiger partial charge in [-0.05, 0) is 62.7 Å². The molecule has 0 radical (unpaired) electrons. The molecular formula is C25H29NO3. The summed E-state index contributed by atoms with van der Waals surface area (Å²) in [5, 5.41) is 14.0. The minimum atomic E-state index is -0.615. The molecule has 0 amide bonds. The van der Waals surface area contributed by atoms with Crippen molar-refractivity contribution in [3.05, 3.63) is 90.0 Å². The number of rotatable bonds is 8. The number of aliphatic hydroxyl groups excluding tert-OH is 1. The lowest BCUT2D eigenvalue weighted by Gasteiger charge is -2.23. The zero-order valence-corrected chi connectivity index (χ0v) is 17.3. The predicted octanol–water partition coefficient (Wildman–Crippen LogP) is 5.48. The molecule has 3 aromatic rings. The van der Waals surface area contributed by atoms with Crippen LogP contribution < -0.4 is 14.8 Å². The Morgan fingerprint density at radius 2 is 1.48 bits per heavy atom. The van der Waals surface area contributed by atoms with Crippen molar-refractivity contribution in [3.8, 4) is 17.2 Å². The van der Waals surface area contributed by atoms with Gasteiger partial charge < -0.3 is 19.9 Å². The molecule has 0 aliphatic rings. The van der Waals surface area contributed by atoms with Gasteiger partial charge in [0.1, 0.15) is 23.9 Å². The zero-order chi connectivity index (χ0) is 20.7. The second-order valence-corrected chi connectivity index (χ2v) is 8.03. The molecule has 0 fully saturated rings. The lowest BCUT2D eigenvalue weighted by atomic mass is 10.0. The molecule has 0 saturated carbocycles. The molecule has 3 rings (SSSR count). The van der Waals surface area contributed by atoms with Gasteiger partial charge in [-0.1, -0.05) is 42.5 Å². The van der Waals surface area contributed by atoms with Gasteiger partial charge in [0.2, 0.25) is 0 Å². The smallest absolute Gasteiger partial charge is 0.134 e. The van der Waals surface area contributed by atoms with E-state index in [9.17, 15) is 5.11 Å². The first-order chi connectivity index (χ1) is 13.9. The Kier molecular flexibility index (Phi) is 6.91. The third-order valence-electron chi connectivity index (χ3n) is 4.40. The standard InChI is InChI=1S/C25H29NO3/c1-25(2,3)26-17-23(27)19-14-15-24(29-22-12-8-5-9-13-22)20(16-19)18-28-21-10-6-4-7-11-21/h4-16,23,26-27H,17-18H2,1-3H3. The largest absolute Gasteiger partial charge is 0.489 e. The SMILES string of the molecule is CC(C)(C)NCC(O)c1ccc(Oc2ccccc2)c(COc2ccccc2)c1. The summed E-state index contributed by atoms with van der Waals surface area (Å²) < 4.78 is 12.0. The summed E-state index contributed by atoms with van der Waals surface area (Å²) in [7, 11) is 0. The third kappa shape index (κ3) is 6.63. The van der Waals surface area contributed by atoms with Crippen LogP contribution in [0.4, 0.5) is 0 Å². The van der Waals surface area contributed by atoms with Crippen LogP contribution in [0.25, 0.3) is 0 Å². The third-order valence-corrected chi connectivity index (χ3v) is 4.40. The van der Waals surface area contributed by atoms with Gasteiger partial charge in [-0.2, -0.15) is 0 Å². The van der Waals surface area contributed by atoms with Crippen LogP contribution in [0.2, 0.25) is 0 Å². The van der Waals surface area contributed by atoms with Crippen molar-refractivity contribution in [2.75, 3.05) is 6.54 Å². The summed E-state index contributed by atoms with van der Waals surface area (Å²) >= 11 is 0. The van der Waals surface area contributed by atoms with Gasteiger partial charge in [0, 0.05) is 17.6 Å². The number of hydrogen-bond donors (Lipinski definition) is 2. The van der Waals surface area contributed by atoms with Crippen molar-refractivity contribution in [1.29, 1.82) is 0 Å². The number of β-amino-alcohol motifs (C(OH)–C–C–N with tert-alkyl or cyclic N) is 1. The molecule has 29 heavy (non-hydrogen) atoms. The minimum absolute atomic E-state index is 0.0589. The maximum Gasteiger partial charge on any atom is 0.134 e. The van der Waals surface area contributed by atoms with Crippen LogP contribution in [-0.4, -0.2) is 17.2 Å². The van der Waals surface area contributed by atoms with Crippen LogP contribution in [-0.2, 0) is 6.61 Å². The minimum Gasteiger partial charge on any atom is -0.489 e. The number of para-hydroxylation sites is 2. The first-order valence-corrected chi connectivity index (χ1v) is 9.87. The highest BCUT2D eigenvalue weighted by Crippen LogP contribution is 2.29. The number of aliphatic hydroxyl groups is 1. The van der Waals surface area contributed by atoms with Crippen molar-refractivity contribution in [3.63, 3.8) is 0 Å². The van der Waals surface area contributed by atoms with Gasteiger partial charge in [-0.15, -0.1) is 0 Å². The summed E-state index contributed by atoms with van der Waals surface area (Å²) in [6.07, 6.45) is -0.615. The number of hydrogen-bond acceptors (Lipinski definition) is 4. The lowest BCUT2D eigenvalue weighted by molar-refractivity contribution is 0.163. The molecule has 0 aromatic heterocycles. The van der Waals surface area contributed by atoms with E-state index in [1.807, 2.05) is 78.9 Å². The first-order valence-electron chi connectivity index (χ1n) is 9.87. The Morgan fingerprint density at radius 1 is 0.862 bits per heavy atom. The maximum atomic E-state index is 10.6. The monoisotopic (exact) mass is 391 g/mol. The molecule has 3 aromatic carbocycles. The Balaban J connectivity index is 1.80. The van der Waals surface area contributed by atoms with Crippen LogP contribution in [0.5, 0.6) is 17.2 Å². The molecule has 0 aliphatic carbocycles. The highest BCUT2D eigenvalue weighted by Gasteiger charge is 2.16. The molecule has 0 spiro atoms. The van der Waals surface area contributed by atoms with Crippen molar-refractivity contribution in [2.45, 2.75) is 39.0 Å². The fraction of sp³-hybridized carbons (Fsp3) is 0.280. The average molecular weight is 392 g/mol. The first kappa shape index (κ1) is 20.9. The van der Waals surface area contributed by atoms with E-state index in [1.165, 1.54) is 0 Å². The van der Waals surface area contributed by atoms with E-state index < -0.39 is 6.10 Å². The van der Waals surface area contributed by atoms with Crippen molar-refractivity contribution < 1.29 is 14.6 Å². The van der Waals surface area contributed by atoms with E-state index in [0.717, 1.165) is 22.6 Å². The maximum absolute atomic E-state index is 10.6. The summed E-state index contributed by atoms with van der Waals surface area (Å²) in [6, 6.07) is 25.1. The molecule has 1 atom stereocenters. The van der Waals surface area contributed by atoms with Gasteiger partial charge in [0.15, 0.2) is 0 Å². The van der Waals surface area contributed by atoms with E-state index in [0.29, 0.717) is 18.9 Å². The van der Waals surface area contributed by atoms with Crippen LogP contribution in [0.1, 0.15) is 38.0 Å². The fourth-order valence-corrected chi connectivity index (χ4v) is 2.83. The van der Waals surface area contributed by atoms with Crippen LogP contribution in [0.3, 0.4) is 0 Å². The Bertz CT molecular complexity index is 889. The zero-order valence-electron chi connectivity index (χ0n) is 17.3. The van der Waals surface area contributed by atoms with E-state index in [1.54, 1.807) is 0 Å². The molecule has 0 aliphatic heterocycles. The molecule has 0 saturated heterocycles. The molecule has 0 bridgehead atoms. The van der Waals surface area contributed by atoms with E-state index in [2.05, 4.69) is 26.1 Å². The molecule has 2 N–H and O–H groups in total. The molecule has 1 unspecified atom stereocenters. The van der Waals surface area contributed by atoms with Crippen molar-refractivity contribution in [2.24, 2.45) is 0 Å². The molecular weight excluding hydrogens is 362 g/mol. The summed E-state index contributed by atoms with van der Waals surface area (Å²) in [5.74, 6) is 2.27. The van der Waals surface area contributed by atoms with Gasteiger partial charge in [-0.25, -0.2) is 0 Å². The normalized spacial score (nSPS) is 12.4. The van der Waals surface area contributed by atoms with Crippen LogP contribution in [0.15, 0.2) is 78.9 Å². The van der Waals surface area contributed by atoms with Gasteiger partial charge in [0.05, 0.1) is 6.10 Å². The van der Waals surface area contributed by atoms with Crippen LogP contribution >= 0.6 is 0 Å². The van der Waals surface area contributed by atoms with E-state index in [-0.39, 0.29) is 5.54 Å². The highest BCUT2D eigenvalue weighted by atomic mass is 16.5. The second kappa shape index (κ2) is 9.59. The summed E-state index contributed by atoms with van der Waals surface area (Å²) in [4.78, 5) is 0. The number of benzene rings is 3. The van der Waals surface area contributed by atoms with E-state index >= 15 is 0 Å². The Hall–Kier alpha value is -2.82. The fourth-order valence-electron chi connectivity index (χ4n) is 2.83. The predicted molar refractivity (Wildman–Crippen MR) is 116 cm³/mol. The van der Waals surface area contributed by atoms with Gasteiger partial charge in [-0.3, -0.25) is 0 Å². The van der Waals surface area contributed by atoms with Crippen molar-refractivity contribution in [1.82, 2.24) is 5.32 Å². The summed E-state index contributed by atoms with van der Waals surface area (Å²) in [5.41, 5.74) is 1.65. The molecule has 0 heterocycles. The van der Waals surface area contributed by atoms with E-state index in [4.69, 9.17) is 9.47 Å². The molecule has 152 valence electrons. The quantitative estimate of drug-likeness (QED) is 0.534. The lowest BCUT2D eigenvalue weighted by Crippen LogP contribution is -2.38.